The minimum atomic E-state index is -0.346. The number of hydrogen-bond donors (Lipinski definition) is 1. The van der Waals surface area contributed by atoms with Crippen molar-refractivity contribution in [3.05, 3.63) is 88.0 Å². The fourth-order valence-electron chi connectivity index (χ4n) is 4.35. The summed E-state index contributed by atoms with van der Waals surface area (Å²) in [5.74, 6) is 0.234. The molecule has 1 N–H and O–H groups in total. The summed E-state index contributed by atoms with van der Waals surface area (Å²) in [7, 11) is 0. The lowest BCUT2D eigenvalue weighted by molar-refractivity contribution is 0.0303. The molecule has 0 bridgehead atoms. The van der Waals surface area contributed by atoms with Crippen LogP contribution in [-0.4, -0.2) is 58.0 Å². The van der Waals surface area contributed by atoms with Crippen LogP contribution in [0.25, 0.3) is 21.5 Å². The van der Waals surface area contributed by atoms with Crippen molar-refractivity contribution in [1.29, 1.82) is 0 Å². The van der Waals surface area contributed by atoms with Gasteiger partial charge >= 0.3 is 0 Å². The van der Waals surface area contributed by atoms with Gasteiger partial charge in [0.15, 0.2) is 11.5 Å². The number of carbonyl (C=O) groups excluding carboxylic acids is 2. The molecule has 5 aromatic rings. The largest absolute Gasteiger partial charge is 0.378 e. The van der Waals surface area contributed by atoms with Crippen LogP contribution in [0.1, 0.15) is 26.5 Å². The SMILES string of the molecule is O=C(Nc1ccc(C(=O)N2CCOCC2)cc1)c1nn(Cc2cc(-c3ccc(Cl)s3)on2)c2ccccc12. The number of rotatable bonds is 6. The Morgan fingerprint density at radius 3 is 2.58 bits per heavy atom. The molecule has 2 aromatic carbocycles. The zero-order chi connectivity index (χ0) is 26.1. The molecule has 1 saturated heterocycles. The minimum Gasteiger partial charge on any atom is -0.378 e. The molecule has 1 aliphatic heterocycles. The van der Waals surface area contributed by atoms with Crippen LogP contribution in [0.4, 0.5) is 5.69 Å². The number of amides is 2. The number of morpholine rings is 1. The Hall–Kier alpha value is -3.99. The summed E-state index contributed by atoms with van der Waals surface area (Å²) in [6.45, 7) is 2.56. The van der Waals surface area contributed by atoms with E-state index in [1.807, 2.05) is 42.5 Å². The maximum Gasteiger partial charge on any atom is 0.276 e. The van der Waals surface area contributed by atoms with Crippen LogP contribution in [0, 0.1) is 0 Å². The van der Waals surface area contributed by atoms with E-state index in [0.717, 1.165) is 15.8 Å². The van der Waals surface area contributed by atoms with E-state index in [-0.39, 0.29) is 11.8 Å². The van der Waals surface area contributed by atoms with Gasteiger partial charge in [-0.05, 0) is 42.5 Å². The number of thiophene rings is 1. The fraction of sp³-hybridized carbons (Fsp3) is 0.185. The second-order valence-electron chi connectivity index (χ2n) is 8.75. The molecular weight excluding hydrogens is 526 g/mol. The quantitative estimate of drug-likeness (QED) is 0.314. The van der Waals surface area contributed by atoms with Crippen LogP contribution in [0.5, 0.6) is 0 Å². The van der Waals surface area contributed by atoms with Crippen LogP contribution in [-0.2, 0) is 11.3 Å². The zero-order valence-corrected chi connectivity index (χ0v) is 21.7. The molecular formula is C27H22ClN5O4S. The first-order valence-corrected chi connectivity index (χ1v) is 13.2. The Morgan fingerprint density at radius 1 is 1.03 bits per heavy atom. The van der Waals surface area contributed by atoms with Crippen molar-refractivity contribution in [2.75, 3.05) is 31.6 Å². The molecule has 192 valence electrons. The summed E-state index contributed by atoms with van der Waals surface area (Å²) in [6.07, 6.45) is 0. The number of fused-ring (bicyclic) bond motifs is 1. The molecule has 0 atom stereocenters. The fourth-order valence-corrected chi connectivity index (χ4v) is 5.35. The van der Waals surface area contributed by atoms with E-state index < -0.39 is 0 Å². The average molecular weight is 548 g/mol. The van der Waals surface area contributed by atoms with Gasteiger partial charge in [-0.25, -0.2) is 0 Å². The highest BCUT2D eigenvalue weighted by Gasteiger charge is 2.20. The van der Waals surface area contributed by atoms with Gasteiger partial charge in [0.1, 0.15) is 5.69 Å². The van der Waals surface area contributed by atoms with Gasteiger partial charge in [0.25, 0.3) is 11.8 Å². The summed E-state index contributed by atoms with van der Waals surface area (Å²) in [5.41, 5.74) is 2.90. The second kappa shape index (κ2) is 10.4. The lowest BCUT2D eigenvalue weighted by atomic mass is 10.1. The van der Waals surface area contributed by atoms with Crippen molar-refractivity contribution in [3.8, 4) is 10.6 Å². The van der Waals surface area contributed by atoms with E-state index in [4.69, 9.17) is 20.9 Å². The molecule has 11 heteroatoms. The number of hydrogen-bond acceptors (Lipinski definition) is 7. The summed E-state index contributed by atoms with van der Waals surface area (Å²) >= 11 is 7.45. The maximum absolute atomic E-state index is 13.2. The molecule has 9 nitrogen and oxygen atoms in total. The third-order valence-corrected chi connectivity index (χ3v) is 7.49. The number of benzene rings is 2. The monoisotopic (exact) mass is 547 g/mol. The lowest BCUT2D eigenvalue weighted by Gasteiger charge is -2.26. The van der Waals surface area contributed by atoms with Gasteiger partial charge in [-0.15, -0.1) is 11.3 Å². The van der Waals surface area contributed by atoms with Crippen molar-refractivity contribution >= 4 is 51.3 Å². The van der Waals surface area contributed by atoms with Crippen molar-refractivity contribution in [3.63, 3.8) is 0 Å². The zero-order valence-electron chi connectivity index (χ0n) is 20.1. The predicted molar refractivity (Wildman–Crippen MR) is 145 cm³/mol. The molecule has 1 aliphatic rings. The molecule has 3 aromatic heterocycles. The Morgan fingerprint density at radius 2 is 1.82 bits per heavy atom. The molecule has 4 heterocycles. The highest BCUT2D eigenvalue weighted by atomic mass is 35.5. The number of anilines is 1. The number of aromatic nitrogens is 3. The van der Waals surface area contributed by atoms with E-state index in [1.54, 1.807) is 33.8 Å². The molecule has 2 amide bonds. The molecule has 6 rings (SSSR count). The van der Waals surface area contributed by atoms with Gasteiger partial charge in [0, 0.05) is 35.8 Å². The van der Waals surface area contributed by atoms with Gasteiger partial charge in [-0.1, -0.05) is 35.0 Å². The Balaban J connectivity index is 1.20. The number of ether oxygens (including phenoxy) is 1. The number of para-hydroxylation sites is 1. The van der Waals surface area contributed by atoms with E-state index >= 15 is 0 Å². The summed E-state index contributed by atoms with van der Waals surface area (Å²) < 4.78 is 13.2. The number of nitrogens with zero attached hydrogens (tertiary/aromatic N) is 4. The third kappa shape index (κ3) is 4.93. The van der Waals surface area contributed by atoms with Crippen LogP contribution >= 0.6 is 22.9 Å². The lowest BCUT2D eigenvalue weighted by Crippen LogP contribution is -2.40. The first-order chi connectivity index (χ1) is 18.5. The molecule has 1 fully saturated rings. The Bertz CT molecular complexity index is 1620. The molecule has 0 spiro atoms. The van der Waals surface area contributed by atoms with Crippen LogP contribution in [0.2, 0.25) is 4.34 Å². The van der Waals surface area contributed by atoms with Crippen LogP contribution in [0.3, 0.4) is 0 Å². The molecule has 38 heavy (non-hydrogen) atoms. The van der Waals surface area contributed by atoms with Crippen molar-refractivity contribution < 1.29 is 18.8 Å². The summed E-state index contributed by atoms with van der Waals surface area (Å²) in [5, 5.41) is 12.4. The summed E-state index contributed by atoms with van der Waals surface area (Å²) in [6, 6.07) is 19.9. The molecule has 0 aliphatic carbocycles. The highest BCUT2D eigenvalue weighted by molar-refractivity contribution is 7.19. The van der Waals surface area contributed by atoms with Gasteiger partial charge in [0.2, 0.25) is 0 Å². The molecule has 0 unspecified atom stereocenters. The average Bonchev–Trinajstić information content (AvgIpc) is 3.68. The smallest absolute Gasteiger partial charge is 0.276 e. The van der Waals surface area contributed by atoms with E-state index in [9.17, 15) is 9.59 Å². The van der Waals surface area contributed by atoms with E-state index in [2.05, 4.69) is 15.6 Å². The minimum absolute atomic E-state index is 0.0471. The number of nitrogens with one attached hydrogen (secondary N) is 1. The standard InChI is InChI=1S/C27H22ClN5O4S/c28-24-10-9-23(38-24)22-15-19(31-37-22)16-33-21-4-2-1-3-20(21)25(30-33)26(34)29-18-7-5-17(6-8-18)27(35)32-11-13-36-14-12-32/h1-10,15H,11-14,16H2,(H,29,34). The predicted octanol–water partition coefficient (Wildman–Crippen LogP) is 5.18. The highest BCUT2D eigenvalue weighted by Crippen LogP contribution is 2.31. The summed E-state index contributed by atoms with van der Waals surface area (Å²) in [4.78, 5) is 28.6. The van der Waals surface area contributed by atoms with Crippen molar-refractivity contribution in [1.82, 2.24) is 19.8 Å². The second-order valence-corrected chi connectivity index (χ2v) is 10.5. The van der Waals surface area contributed by atoms with E-state index in [1.165, 1.54) is 11.3 Å². The number of halogens is 1. The van der Waals surface area contributed by atoms with Crippen molar-refractivity contribution in [2.45, 2.75) is 6.54 Å². The topological polar surface area (TPSA) is 102 Å². The third-order valence-electron chi connectivity index (χ3n) is 6.25. The number of carbonyl (C=O) groups is 2. The Labute approximate surface area is 226 Å². The first-order valence-electron chi connectivity index (χ1n) is 12.0. The van der Waals surface area contributed by atoms with Crippen LogP contribution in [0.15, 0.2) is 71.3 Å². The molecule has 0 saturated carbocycles. The van der Waals surface area contributed by atoms with E-state index in [0.29, 0.717) is 65.6 Å². The first kappa shape index (κ1) is 24.4. The van der Waals surface area contributed by atoms with Gasteiger partial charge in [-0.2, -0.15) is 5.10 Å². The van der Waals surface area contributed by atoms with Crippen LogP contribution < -0.4 is 5.32 Å². The maximum atomic E-state index is 13.2. The van der Waals surface area contributed by atoms with Gasteiger partial charge in [0.05, 0.1) is 34.5 Å². The normalized spacial score (nSPS) is 13.7. The molecule has 0 radical (unpaired) electrons. The van der Waals surface area contributed by atoms with Gasteiger partial charge < -0.3 is 19.5 Å². The Kier molecular flexibility index (Phi) is 6.67. The van der Waals surface area contributed by atoms with Gasteiger partial charge in [-0.3, -0.25) is 14.3 Å². The van der Waals surface area contributed by atoms with Crippen molar-refractivity contribution in [2.24, 2.45) is 0 Å².